The molecule has 0 saturated carbocycles. The van der Waals surface area contributed by atoms with Gasteiger partial charge in [-0.3, -0.25) is 4.99 Å². The van der Waals surface area contributed by atoms with E-state index in [1.165, 1.54) is 10.9 Å². The van der Waals surface area contributed by atoms with Crippen molar-refractivity contribution < 1.29 is 0 Å². The van der Waals surface area contributed by atoms with E-state index in [1.54, 1.807) is 13.3 Å². The van der Waals surface area contributed by atoms with Gasteiger partial charge < -0.3 is 0 Å². The van der Waals surface area contributed by atoms with Gasteiger partial charge in [0.25, 0.3) is 0 Å². The molecule has 1 aromatic heterocycles. The Balaban J connectivity index is 2.69. The number of nitrogens with zero attached hydrogens (tertiary/aromatic N) is 2. The first kappa shape index (κ1) is 8.88. The topological polar surface area (TPSA) is 25.2 Å². The van der Waals surface area contributed by atoms with Crippen molar-refractivity contribution in [2.45, 2.75) is 6.92 Å². The van der Waals surface area contributed by atoms with Crippen molar-refractivity contribution in [2.75, 3.05) is 7.05 Å². The predicted molar refractivity (Wildman–Crippen MR) is 60.0 cm³/mol. The van der Waals surface area contributed by atoms with Crippen molar-refractivity contribution in [3.63, 3.8) is 0 Å². The summed E-state index contributed by atoms with van der Waals surface area (Å²) in [6.45, 7) is 2.07. The van der Waals surface area contributed by atoms with Gasteiger partial charge in [0.1, 0.15) is 0 Å². The van der Waals surface area contributed by atoms with Gasteiger partial charge in [-0.25, -0.2) is 4.98 Å². The second-order valence-corrected chi connectivity index (χ2v) is 3.27. The summed E-state index contributed by atoms with van der Waals surface area (Å²) in [6, 6.07) is 10.2. The van der Waals surface area contributed by atoms with E-state index in [0.29, 0.717) is 0 Å². The zero-order valence-electron chi connectivity index (χ0n) is 8.36. The Bertz CT molecular complexity index is 487. The third-order valence-electron chi connectivity index (χ3n) is 2.20. The molecule has 0 aliphatic rings. The molecule has 0 aliphatic heterocycles. The van der Waals surface area contributed by atoms with E-state index in [-0.39, 0.29) is 0 Å². The van der Waals surface area contributed by atoms with Gasteiger partial charge in [-0.15, -0.1) is 0 Å². The number of rotatable bonds is 1. The molecule has 2 aromatic rings. The minimum absolute atomic E-state index is 0.911. The first-order chi connectivity index (χ1) is 6.81. The summed E-state index contributed by atoms with van der Waals surface area (Å²) in [5, 5.41) is 1.18. The Morgan fingerprint density at radius 2 is 2.07 bits per heavy atom. The Morgan fingerprint density at radius 3 is 2.86 bits per heavy atom. The first-order valence-corrected chi connectivity index (χ1v) is 4.60. The summed E-state index contributed by atoms with van der Waals surface area (Å²) in [5.41, 5.74) is 3.17. The molecule has 0 radical (unpaired) electrons. The number of hydrogen-bond donors (Lipinski definition) is 0. The molecule has 0 unspecified atom stereocenters. The fraction of sp³-hybridized carbons (Fsp3) is 0.167. The molecule has 0 spiro atoms. The second kappa shape index (κ2) is 3.58. The lowest BCUT2D eigenvalue weighted by Gasteiger charge is -2.01. The van der Waals surface area contributed by atoms with Crippen LogP contribution in [0.25, 0.3) is 10.9 Å². The molecule has 0 amide bonds. The lowest BCUT2D eigenvalue weighted by atomic mass is 10.1. The highest BCUT2D eigenvalue weighted by Gasteiger charge is 1.98. The van der Waals surface area contributed by atoms with Gasteiger partial charge in [-0.2, -0.15) is 0 Å². The molecule has 14 heavy (non-hydrogen) atoms. The summed E-state index contributed by atoms with van der Waals surface area (Å²) < 4.78 is 0. The minimum Gasteiger partial charge on any atom is -0.294 e. The van der Waals surface area contributed by atoms with Crippen molar-refractivity contribution >= 4 is 17.1 Å². The summed E-state index contributed by atoms with van der Waals surface area (Å²) in [5.74, 6) is 0. The quantitative estimate of drug-likeness (QED) is 0.625. The number of aromatic nitrogens is 1. The maximum Gasteiger partial charge on any atom is 0.0815 e. The standard InChI is InChI=1S/C12H12N2/c1-9-4-3-5-10-6-7-11(8-13-2)14-12(9)10/h3-8H,1-2H3. The van der Waals surface area contributed by atoms with Crippen LogP contribution in [0.2, 0.25) is 0 Å². The van der Waals surface area contributed by atoms with Crippen LogP contribution in [-0.4, -0.2) is 18.2 Å². The third kappa shape index (κ3) is 1.51. The number of aryl methyl sites for hydroxylation is 1. The van der Waals surface area contributed by atoms with Crippen LogP contribution in [0.3, 0.4) is 0 Å². The van der Waals surface area contributed by atoms with Gasteiger partial charge in [0.15, 0.2) is 0 Å². The van der Waals surface area contributed by atoms with Crippen LogP contribution in [0.5, 0.6) is 0 Å². The lowest BCUT2D eigenvalue weighted by molar-refractivity contribution is 1.33. The van der Waals surface area contributed by atoms with E-state index < -0.39 is 0 Å². The van der Waals surface area contributed by atoms with E-state index in [9.17, 15) is 0 Å². The highest BCUT2D eigenvalue weighted by atomic mass is 14.7. The number of hydrogen-bond acceptors (Lipinski definition) is 2. The number of pyridine rings is 1. The van der Waals surface area contributed by atoms with Crippen LogP contribution in [0, 0.1) is 6.92 Å². The Hall–Kier alpha value is -1.70. The molecule has 2 nitrogen and oxygen atoms in total. The fourth-order valence-electron chi connectivity index (χ4n) is 1.51. The van der Waals surface area contributed by atoms with Crippen molar-refractivity contribution in [3.8, 4) is 0 Å². The van der Waals surface area contributed by atoms with Gasteiger partial charge >= 0.3 is 0 Å². The number of fused-ring (bicyclic) bond motifs is 1. The molecule has 70 valence electrons. The zero-order valence-corrected chi connectivity index (χ0v) is 8.36. The highest BCUT2D eigenvalue weighted by Crippen LogP contribution is 2.15. The van der Waals surface area contributed by atoms with Gasteiger partial charge in [-0.05, 0) is 18.6 Å². The summed E-state index contributed by atoms with van der Waals surface area (Å²) >= 11 is 0. The second-order valence-electron chi connectivity index (χ2n) is 3.27. The number of para-hydroxylation sites is 1. The normalized spacial score (nSPS) is 11.3. The molecule has 0 saturated heterocycles. The maximum atomic E-state index is 4.52. The summed E-state index contributed by atoms with van der Waals surface area (Å²) in [7, 11) is 1.75. The molecule has 0 atom stereocenters. The molecule has 1 aromatic carbocycles. The van der Waals surface area contributed by atoms with E-state index in [4.69, 9.17) is 0 Å². The molecular formula is C12H12N2. The van der Waals surface area contributed by atoms with Crippen LogP contribution in [0.15, 0.2) is 35.3 Å². The van der Waals surface area contributed by atoms with Crippen molar-refractivity contribution in [1.82, 2.24) is 4.98 Å². The maximum absolute atomic E-state index is 4.52. The molecule has 0 fully saturated rings. The van der Waals surface area contributed by atoms with E-state index >= 15 is 0 Å². The third-order valence-corrected chi connectivity index (χ3v) is 2.20. The molecule has 0 bridgehead atoms. The fourth-order valence-corrected chi connectivity index (χ4v) is 1.51. The molecule has 1 heterocycles. The molecule has 2 heteroatoms. The van der Waals surface area contributed by atoms with Gasteiger partial charge in [0.2, 0.25) is 0 Å². The minimum atomic E-state index is 0.911. The van der Waals surface area contributed by atoms with Gasteiger partial charge in [-0.1, -0.05) is 24.3 Å². The highest BCUT2D eigenvalue weighted by molar-refractivity contribution is 5.86. The van der Waals surface area contributed by atoms with Crippen molar-refractivity contribution in [3.05, 3.63) is 41.6 Å². The van der Waals surface area contributed by atoms with Crippen LogP contribution >= 0.6 is 0 Å². The Kier molecular flexibility index (Phi) is 2.27. The van der Waals surface area contributed by atoms with Crippen LogP contribution in [-0.2, 0) is 0 Å². The number of aliphatic imine (C=N–C) groups is 1. The predicted octanol–water partition coefficient (Wildman–Crippen LogP) is 2.59. The van der Waals surface area contributed by atoms with Gasteiger partial charge in [0.05, 0.1) is 11.2 Å². The first-order valence-electron chi connectivity index (χ1n) is 4.60. The van der Waals surface area contributed by atoms with Crippen LogP contribution in [0.1, 0.15) is 11.3 Å². The summed E-state index contributed by atoms with van der Waals surface area (Å²) in [4.78, 5) is 8.47. The SMILES string of the molecule is CN=Cc1ccc2cccc(C)c2n1. The monoisotopic (exact) mass is 184 g/mol. The van der Waals surface area contributed by atoms with Gasteiger partial charge in [0, 0.05) is 18.6 Å². The molecule has 0 aliphatic carbocycles. The van der Waals surface area contributed by atoms with Crippen molar-refractivity contribution in [2.24, 2.45) is 4.99 Å². The average molecular weight is 184 g/mol. The van der Waals surface area contributed by atoms with E-state index in [1.807, 2.05) is 12.1 Å². The van der Waals surface area contributed by atoms with E-state index in [0.717, 1.165) is 11.2 Å². The Morgan fingerprint density at radius 1 is 1.21 bits per heavy atom. The average Bonchev–Trinajstić information content (AvgIpc) is 2.20. The molecule has 0 N–H and O–H groups in total. The lowest BCUT2D eigenvalue weighted by Crippen LogP contribution is -1.89. The summed E-state index contributed by atoms with van der Waals surface area (Å²) in [6.07, 6.45) is 1.77. The van der Waals surface area contributed by atoms with Crippen LogP contribution in [0.4, 0.5) is 0 Å². The molecular weight excluding hydrogens is 172 g/mol. The Labute approximate surface area is 83.3 Å². The van der Waals surface area contributed by atoms with Crippen molar-refractivity contribution in [1.29, 1.82) is 0 Å². The van der Waals surface area contributed by atoms with E-state index in [2.05, 4.69) is 35.1 Å². The van der Waals surface area contributed by atoms with Crippen LogP contribution < -0.4 is 0 Å². The molecule has 2 rings (SSSR count). The largest absolute Gasteiger partial charge is 0.294 e. The smallest absolute Gasteiger partial charge is 0.0815 e. The zero-order chi connectivity index (χ0) is 9.97. The number of benzene rings is 1.